The molecule has 0 aromatic rings. The molecule has 1 heterocycles. The lowest BCUT2D eigenvalue weighted by Gasteiger charge is -2.25. The van der Waals surface area contributed by atoms with E-state index < -0.39 is 0 Å². The van der Waals surface area contributed by atoms with Gasteiger partial charge in [-0.05, 0) is 50.4 Å². The minimum Gasteiger partial charge on any atom is -0.316 e. The lowest BCUT2D eigenvalue weighted by molar-refractivity contribution is 0.288. The Hall–Kier alpha value is -0.0800. The number of hydrogen-bond donors (Lipinski definition) is 2. The first kappa shape index (κ1) is 10.4. The Labute approximate surface area is 87.8 Å². The highest BCUT2D eigenvalue weighted by Crippen LogP contribution is 2.28. The lowest BCUT2D eigenvalue weighted by atomic mass is 9.83. The standard InChI is InChI=1S/C12H24N2/c1-10-7-14-9-12(10)8-13-6-5-11-3-2-4-11/h10-14H,2-9H2,1H3. The molecule has 0 spiro atoms. The fourth-order valence-electron chi connectivity index (χ4n) is 2.51. The van der Waals surface area contributed by atoms with Crippen LogP contribution in [-0.4, -0.2) is 26.2 Å². The summed E-state index contributed by atoms with van der Waals surface area (Å²) in [5.74, 6) is 2.80. The third-order valence-corrected chi connectivity index (χ3v) is 4.04. The normalized spacial score (nSPS) is 33.2. The van der Waals surface area contributed by atoms with E-state index in [4.69, 9.17) is 0 Å². The van der Waals surface area contributed by atoms with Gasteiger partial charge in [0, 0.05) is 0 Å². The van der Waals surface area contributed by atoms with Crippen LogP contribution in [0, 0.1) is 17.8 Å². The summed E-state index contributed by atoms with van der Waals surface area (Å²) >= 11 is 0. The van der Waals surface area contributed by atoms with Gasteiger partial charge in [-0.3, -0.25) is 0 Å². The molecule has 0 amide bonds. The summed E-state index contributed by atoms with van der Waals surface area (Å²) in [5, 5.41) is 7.07. The Morgan fingerprint density at radius 2 is 2.14 bits per heavy atom. The molecule has 2 fully saturated rings. The third-order valence-electron chi connectivity index (χ3n) is 4.04. The molecule has 2 nitrogen and oxygen atoms in total. The molecule has 1 saturated carbocycles. The van der Waals surface area contributed by atoms with E-state index in [0.717, 1.165) is 17.8 Å². The van der Waals surface area contributed by atoms with Gasteiger partial charge in [-0.1, -0.05) is 26.2 Å². The third kappa shape index (κ3) is 2.71. The molecule has 1 aliphatic carbocycles. The van der Waals surface area contributed by atoms with E-state index in [-0.39, 0.29) is 0 Å². The Kier molecular flexibility index (Phi) is 3.82. The number of rotatable bonds is 5. The highest BCUT2D eigenvalue weighted by atomic mass is 14.9. The van der Waals surface area contributed by atoms with Gasteiger partial charge in [0.05, 0.1) is 0 Å². The first-order valence-corrected chi connectivity index (χ1v) is 6.27. The van der Waals surface area contributed by atoms with Gasteiger partial charge >= 0.3 is 0 Å². The summed E-state index contributed by atoms with van der Waals surface area (Å²) in [6, 6.07) is 0. The van der Waals surface area contributed by atoms with Crippen molar-refractivity contribution in [3.8, 4) is 0 Å². The van der Waals surface area contributed by atoms with Crippen molar-refractivity contribution in [2.24, 2.45) is 17.8 Å². The molecule has 0 radical (unpaired) electrons. The van der Waals surface area contributed by atoms with Crippen LogP contribution in [0.4, 0.5) is 0 Å². The molecule has 2 aliphatic rings. The average Bonchev–Trinajstić information content (AvgIpc) is 2.48. The molecule has 2 rings (SSSR count). The smallest absolute Gasteiger partial charge is 0.000523 e. The van der Waals surface area contributed by atoms with Crippen molar-refractivity contribution in [3.63, 3.8) is 0 Å². The van der Waals surface area contributed by atoms with Crippen LogP contribution in [0.25, 0.3) is 0 Å². The predicted octanol–water partition coefficient (Wildman–Crippen LogP) is 1.62. The van der Waals surface area contributed by atoms with Crippen molar-refractivity contribution in [1.82, 2.24) is 10.6 Å². The SMILES string of the molecule is CC1CNCC1CNCCC1CCC1. The highest BCUT2D eigenvalue weighted by Gasteiger charge is 2.22. The average molecular weight is 196 g/mol. The molecule has 2 N–H and O–H groups in total. The summed E-state index contributed by atoms with van der Waals surface area (Å²) < 4.78 is 0. The Morgan fingerprint density at radius 3 is 2.71 bits per heavy atom. The van der Waals surface area contributed by atoms with E-state index in [1.54, 1.807) is 0 Å². The van der Waals surface area contributed by atoms with E-state index in [2.05, 4.69) is 17.6 Å². The summed E-state index contributed by atoms with van der Waals surface area (Å²) in [7, 11) is 0. The van der Waals surface area contributed by atoms with Crippen LogP contribution >= 0.6 is 0 Å². The van der Waals surface area contributed by atoms with Crippen molar-refractivity contribution in [2.75, 3.05) is 26.2 Å². The fraction of sp³-hybridized carbons (Fsp3) is 1.00. The van der Waals surface area contributed by atoms with Gasteiger partial charge in [-0.25, -0.2) is 0 Å². The minimum absolute atomic E-state index is 0.867. The summed E-state index contributed by atoms with van der Waals surface area (Å²) in [4.78, 5) is 0. The van der Waals surface area contributed by atoms with Gasteiger partial charge in [0.15, 0.2) is 0 Å². The molecule has 0 aromatic carbocycles. The van der Waals surface area contributed by atoms with Crippen LogP contribution < -0.4 is 10.6 Å². The molecule has 1 saturated heterocycles. The van der Waals surface area contributed by atoms with Crippen molar-refractivity contribution >= 4 is 0 Å². The van der Waals surface area contributed by atoms with Crippen LogP contribution in [0.15, 0.2) is 0 Å². The van der Waals surface area contributed by atoms with Crippen molar-refractivity contribution < 1.29 is 0 Å². The first-order chi connectivity index (χ1) is 6.86. The minimum atomic E-state index is 0.867. The molecule has 0 bridgehead atoms. The molecule has 2 unspecified atom stereocenters. The summed E-state index contributed by atoms with van der Waals surface area (Å²) in [6.45, 7) is 7.26. The maximum absolute atomic E-state index is 3.62. The van der Waals surface area contributed by atoms with Gasteiger partial charge in [-0.15, -0.1) is 0 Å². The van der Waals surface area contributed by atoms with Crippen LogP contribution in [0.3, 0.4) is 0 Å². The number of nitrogens with one attached hydrogen (secondary N) is 2. The summed E-state index contributed by atoms with van der Waals surface area (Å²) in [6.07, 6.45) is 5.87. The van der Waals surface area contributed by atoms with Gasteiger partial charge in [0.25, 0.3) is 0 Å². The van der Waals surface area contributed by atoms with Gasteiger partial charge in [0.2, 0.25) is 0 Å². The number of hydrogen-bond acceptors (Lipinski definition) is 2. The van der Waals surface area contributed by atoms with E-state index in [0.29, 0.717) is 0 Å². The molecule has 82 valence electrons. The zero-order valence-corrected chi connectivity index (χ0v) is 9.39. The fourth-order valence-corrected chi connectivity index (χ4v) is 2.51. The van der Waals surface area contributed by atoms with Crippen LogP contribution in [0.2, 0.25) is 0 Å². The van der Waals surface area contributed by atoms with Crippen molar-refractivity contribution in [3.05, 3.63) is 0 Å². The Balaban J connectivity index is 1.49. The van der Waals surface area contributed by atoms with E-state index >= 15 is 0 Å². The monoisotopic (exact) mass is 196 g/mol. The van der Waals surface area contributed by atoms with Crippen molar-refractivity contribution in [1.29, 1.82) is 0 Å². The van der Waals surface area contributed by atoms with Crippen molar-refractivity contribution in [2.45, 2.75) is 32.6 Å². The van der Waals surface area contributed by atoms with Gasteiger partial charge in [-0.2, -0.15) is 0 Å². The Bertz CT molecular complexity index is 166. The molecular weight excluding hydrogens is 172 g/mol. The molecule has 1 aliphatic heterocycles. The highest BCUT2D eigenvalue weighted by molar-refractivity contribution is 4.79. The first-order valence-electron chi connectivity index (χ1n) is 6.27. The van der Waals surface area contributed by atoms with Crippen LogP contribution in [0.5, 0.6) is 0 Å². The second-order valence-electron chi connectivity index (χ2n) is 5.19. The Morgan fingerprint density at radius 1 is 1.29 bits per heavy atom. The topological polar surface area (TPSA) is 24.1 Å². The molecular formula is C12H24N2. The maximum atomic E-state index is 3.62. The molecule has 2 heteroatoms. The van der Waals surface area contributed by atoms with E-state index in [1.165, 1.54) is 51.9 Å². The quantitative estimate of drug-likeness (QED) is 0.653. The second-order valence-corrected chi connectivity index (χ2v) is 5.19. The summed E-state index contributed by atoms with van der Waals surface area (Å²) in [5.41, 5.74) is 0. The molecule has 14 heavy (non-hydrogen) atoms. The van der Waals surface area contributed by atoms with E-state index in [1.807, 2.05) is 0 Å². The van der Waals surface area contributed by atoms with Gasteiger partial charge in [0.1, 0.15) is 0 Å². The van der Waals surface area contributed by atoms with Gasteiger partial charge < -0.3 is 10.6 Å². The van der Waals surface area contributed by atoms with Crippen LogP contribution in [-0.2, 0) is 0 Å². The lowest BCUT2D eigenvalue weighted by Crippen LogP contribution is -2.29. The molecule has 0 aromatic heterocycles. The zero-order valence-electron chi connectivity index (χ0n) is 9.39. The maximum Gasteiger partial charge on any atom is -0.000523 e. The van der Waals surface area contributed by atoms with Crippen LogP contribution in [0.1, 0.15) is 32.6 Å². The van der Waals surface area contributed by atoms with E-state index in [9.17, 15) is 0 Å². The largest absolute Gasteiger partial charge is 0.316 e. The zero-order chi connectivity index (χ0) is 9.80. The second kappa shape index (κ2) is 5.13. The predicted molar refractivity (Wildman–Crippen MR) is 60.4 cm³/mol. The molecule has 2 atom stereocenters.